The first-order valence-corrected chi connectivity index (χ1v) is 8.85. The van der Waals surface area contributed by atoms with Crippen molar-refractivity contribution in [3.05, 3.63) is 18.2 Å². The van der Waals surface area contributed by atoms with Crippen LogP contribution in [0.2, 0.25) is 0 Å². The predicted octanol–water partition coefficient (Wildman–Crippen LogP) is 2.90. The second-order valence-corrected chi connectivity index (χ2v) is 5.56. The summed E-state index contributed by atoms with van der Waals surface area (Å²) in [7, 11) is 1.67. The second kappa shape index (κ2) is 13.9. The van der Waals surface area contributed by atoms with E-state index in [4.69, 9.17) is 18.9 Å². The number of methoxy groups -OCH3 is 1. The van der Waals surface area contributed by atoms with Crippen LogP contribution >= 0.6 is 24.0 Å². The van der Waals surface area contributed by atoms with Crippen molar-refractivity contribution < 1.29 is 18.9 Å². The fraction of sp³-hybridized carbons (Fsp3) is 0.611. The molecule has 7 nitrogen and oxygen atoms in total. The quantitative estimate of drug-likeness (QED) is 0.246. The van der Waals surface area contributed by atoms with Crippen LogP contribution in [0.3, 0.4) is 0 Å². The minimum Gasteiger partial charge on any atom is -0.490 e. The minimum atomic E-state index is 0. The molecule has 1 aromatic rings. The summed E-state index contributed by atoms with van der Waals surface area (Å²) >= 11 is 0. The molecule has 148 valence electrons. The molecule has 0 saturated heterocycles. The number of hydrogen-bond acceptors (Lipinski definition) is 5. The van der Waals surface area contributed by atoms with Crippen molar-refractivity contribution in [2.45, 2.75) is 19.8 Å². The Balaban J connectivity index is 0.00000338. The number of ether oxygens (including phenoxy) is 4. The number of nitrogens with one attached hydrogen (secondary N) is 2. The molecule has 0 radical (unpaired) electrons. The first kappa shape index (κ1) is 22.8. The number of rotatable bonds is 9. The van der Waals surface area contributed by atoms with Crippen LogP contribution in [-0.4, -0.2) is 59.2 Å². The van der Waals surface area contributed by atoms with Crippen molar-refractivity contribution in [3.8, 4) is 11.5 Å². The molecular weight excluding hydrogens is 449 g/mol. The number of benzene rings is 1. The van der Waals surface area contributed by atoms with E-state index in [0.717, 1.165) is 42.5 Å². The minimum absolute atomic E-state index is 0. The van der Waals surface area contributed by atoms with Crippen LogP contribution in [0.4, 0.5) is 5.69 Å². The number of guanidine groups is 1. The van der Waals surface area contributed by atoms with E-state index in [2.05, 4.69) is 15.6 Å². The highest BCUT2D eigenvalue weighted by Crippen LogP contribution is 2.32. The third kappa shape index (κ3) is 8.41. The molecule has 1 aromatic carbocycles. The van der Waals surface area contributed by atoms with E-state index in [1.807, 2.05) is 25.1 Å². The van der Waals surface area contributed by atoms with Crippen molar-refractivity contribution in [3.63, 3.8) is 0 Å². The normalized spacial score (nSPS) is 13.5. The third-order valence-corrected chi connectivity index (χ3v) is 3.50. The van der Waals surface area contributed by atoms with Crippen molar-refractivity contribution in [1.82, 2.24) is 5.32 Å². The number of halogens is 1. The number of nitrogens with zero attached hydrogens (tertiary/aromatic N) is 1. The van der Waals surface area contributed by atoms with Crippen LogP contribution in [0.5, 0.6) is 11.5 Å². The fourth-order valence-electron chi connectivity index (χ4n) is 2.29. The summed E-state index contributed by atoms with van der Waals surface area (Å²) in [5.41, 5.74) is 0.917. The van der Waals surface area contributed by atoms with Crippen LogP contribution in [0.25, 0.3) is 0 Å². The molecule has 1 heterocycles. The standard InChI is InChI=1S/C18H29N3O4.HI/c1-3-19-18(20-8-4-9-23-13-12-22-2)21-15-6-7-16-17(14-15)25-11-5-10-24-16;/h6-7,14H,3-5,8-13H2,1-2H3,(H2,19,20,21);1H. The molecular formula is C18H30IN3O4. The lowest BCUT2D eigenvalue weighted by molar-refractivity contribution is 0.0702. The Bertz CT molecular complexity index is 543. The lowest BCUT2D eigenvalue weighted by Gasteiger charge is -2.13. The molecule has 0 aromatic heterocycles. The van der Waals surface area contributed by atoms with Gasteiger partial charge in [0, 0.05) is 45.0 Å². The maximum Gasteiger partial charge on any atom is 0.195 e. The van der Waals surface area contributed by atoms with Gasteiger partial charge in [-0.25, -0.2) is 0 Å². The molecule has 2 rings (SSSR count). The molecule has 0 fully saturated rings. The molecule has 0 saturated carbocycles. The lowest BCUT2D eigenvalue weighted by Crippen LogP contribution is -2.30. The molecule has 0 amide bonds. The molecule has 1 aliphatic rings. The highest BCUT2D eigenvalue weighted by atomic mass is 127. The maximum atomic E-state index is 5.72. The number of fused-ring (bicyclic) bond motifs is 1. The maximum absolute atomic E-state index is 5.72. The van der Waals surface area contributed by atoms with Crippen LogP contribution < -0.4 is 20.1 Å². The summed E-state index contributed by atoms with van der Waals surface area (Å²) in [6.07, 6.45) is 1.76. The van der Waals surface area contributed by atoms with Gasteiger partial charge in [-0.2, -0.15) is 0 Å². The van der Waals surface area contributed by atoms with Crippen molar-refractivity contribution >= 4 is 35.6 Å². The monoisotopic (exact) mass is 479 g/mol. The summed E-state index contributed by atoms with van der Waals surface area (Å²) in [6.45, 7) is 6.81. The highest BCUT2D eigenvalue weighted by molar-refractivity contribution is 14.0. The number of aliphatic imine (C=N–C) groups is 1. The summed E-state index contributed by atoms with van der Waals surface area (Å²) in [5.74, 6) is 2.30. The van der Waals surface area contributed by atoms with Gasteiger partial charge < -0.3 is 29.6 Å². The largest absolute Gasteiger partial charge is 0.490 e. The van der Waals surface area contributed by atoms with E-state index in [0.29, 0.717) is 39.6 Å². The van der Waals surface area contributed by atoms with Gasteiger partial charge in [-0.05, 0) is 25.5 Å². The Hall–Kier alpha value is -1.26. The fourth-order valence-corrected chi connectivity index (χ4v) is 2.29. The Kier molecular flexibility index (Phi) is 12.2. The lowest BCUT2D eigenvalue weighted by atomic mass is 10.3. The highest BCUT2D eigenvalue weighted by Gasteiger charge is 2.11. The van der Waals surface area contributed by atoms with Gasteiger partial charge in [-0.1, -0.05) is 0 Å². The molecule has 26 heavy (non-hydrogen) atoms. The average Bonchev–Trinajstić information content (AvgIpc) is 2.86. The summed E-state index contributed by atoms with van der Waals surface area (Å²) < 4.78 is 21.8. The van der Waals surface area contributed by atoms with E-state index < -0.39 is 0 Å². The molecule has 2 N–H and O–H groups in total. The first-order valence-electron chi connectivity index (χ1n) is 8.85. The van der Waals surface area contributed by atoms with E-state index in [1.165, 1.54) is 0 Å². The van der Waals surface area contributed by atoms with Crippen molar-refractivity contribution in [2.75, 3.05) is 58.6 Å². The SMILES string of the molecule is CCNC(=NCCCOCCOC)Nc1ccc2c(c1)OCCCO2.I. The van der Waals surface area contributed by atoms with Gasteiger partial charge in [0.05, 0.1) is 26.4 Å². The van der Waals surface area contributed by atoms with E-state index in [9.17, 15) is 0 Å². The topological polar surface area (TPSA) is 73.3 Å². The average molecular weight is 479 g/mol. The summed E-state index contributed by atoms with van der Waals surface area (Å²) in [4.78, 5) is 4.57. The van der Waals surface area contributed by atoms with Crippen molar-refractivity contribution in [1.29, 1.82) is 0 Å². The van der Waals surface area contributed by atoms with Crippen LogP contribution in [0, 0.1) is 0 Å². The molecule has 1 aliphatic heterocycles. The van der Waals surface area contributed by atoms with E-state index in [1.54, 1.807) is 7.11 Å². The zero-order chi connectivity index (χ0) is 17.7. The third-order valence-electron chi connectivity index (χ3n) is 3.50. The summed E-state index contributed by atoms with van der Waals surface area (Å²) in [5, 5.41) is 6.54. The molecule has 8 heteroatoms. The molecule has 0 unspecified atom stereocenters. The predicted molar refractivity (Wildman–Crippen MR) is 114 cm³/mol. The Morgan fingerprint density at radius 2 is 1.96 bits per heavy atom. The Morgan fingerprint density at radius 1 is 1.15 bits per heavy atom. The molecule has 0 atom stereocenters. The van der Waals surface area contributed by atoms with E-state index >= 15 is 0 Å². The second-order valence-electron chi connectivity index (χ2n) is 5.56. The van der Waals surface area contributed by atoms with Gasteiger partial charge in [0.15, 0.2) is 17.5 Å². The van der Waals surface area contributed by atoms with Gasteiger partial charge in [0.1, 0.15) is 0 Å². The zero-order valence-electron chi connectivity index (χ0n) is 15.6. The van der Waals surface area contributed by atoms with Crippen LogP contribution in [-0.2, 0) is 9.47 Å². The molecule has 0 bridgehead atoms. The Morgan fingerprint density at radius 3 is 2.73 bits per heavy atom. The van der Waals surface area contributed by atoms with Crippen LogP contribution in [0.15, 0.2) is 23.2 Å². The van der Waals surface area contributed by atoms with Crippen LogP contribution in [0.1, 0.15) is 19.8 Å². The van der Waals surface area contributed by atoms with Gasteiger partial charge in [-0.15, -0.1) is 24.0 Å². The number of hydrogen-bond donors (Lipinski definition) is 2. The van der Waals surface area contributed by atoms with Gasteiger partial charge in [-0.3, -0.25) is 4.99 Å². The zero-order valence-corrected chi connectivity index (χ0v) is 17.9. The summed E-state index contributed by atoms with van der Waals surface area (Å²) in [6, 6.07) is 5.84. The molecule has 0 aliphatic carbocycles. The van der Waals surface area contributed by atoms with Gasteiger partial charge in [0.25, 0.3) is 0 Å². The molecule has 0 spiro atoms. The van der Waals surface area contributed by atoms with E-state index in [-0.39, 0.29) is 24.0 Å². The first-order chi connectivity index (χ1) is 12.3. The Labute approximate surface area is 172 Å². The van der Waals surface area contributed by atoms with Crippen molar-refractivity contribution in [2.24, 2.45) is 4.99 Å². The van der Waals surface area contributed by atoms with Gasteiger partial charge in [0.2, 0.25) is 0 Å². The van der Waals surface area contributed by atoms with Gasteiger partial charge >= 0.3 is 0 Å². The smallest absolute Gasteiger partial charge is 0.195 e. The number of anilines is 1.